The highest BCUT2D eigenvalue weighted by Gasteiger charge is 2.47. The highest BCUT2D eigenvalue weighted by Crippen LogP contribution is 2.44. The third-order valence-corrected chi connectivity index (χ3v) is 14.0. The van der Waals surface area contributed by atoms with E-state index in [2.05, 4.69) is 169 Å². The van der Waals surface area contributed by atoms with Gasteiger partial charge < -0.3 is 4.90 Å². The average Bonchev–Trinajstić information content (AvgIpc) is 3.02. The van der Waals surface area contributed by atoms with Gasteiger partial charge in [0.1, 0.15) is 0 Å². The van der Waals surface area contributed by atoms with Crippen molar-refractivity contribution >= 4 is 57.6 Å². The molecule has 0 atom stereocenters. The fraction of sp³-hybridized carbons (Fsp3) is 0. The van der Waals surface area contributed by atoms with Crippen molar-refractivity contribution in [1.29, 1.82) is 0 Å². The summed E-state index contributed by atoms with van der Waals surface area (Å²) in [6.45, 7) is 0. The minimum Gasteiger partial charge on any atom is -0.309 e. The van der Waals surface area contributed by atoms with Crippen LogP contribution < -0.4 is 25.6 Å². The molecule has 0 saturated heterocycles. The van der Waals surface area contributed by atoms with E-state index < -0.39 is 8.07 Å². The molecule has 0 spiro atoms. The Balaban J connectivity index is 1.59. The van der Waals surface area contributed by atoms with Crippen molar-refractivity contribution < 1.29 is 0 Å². The zero-order chi connectivity index (χ0) is 26.1. The van der Waals surface area contributed by atoms with E-state index in [0.717, 1.165) is 11.4 Å². The largest absolute Gasteiger partial charge is 0.309 e. The zero-order valence-corrected chi connectivity index (χ0v) is 23.3. The van der Waals surface area contributed by atoms with Gasteiger partial charge in [0.25, 0.3) is 0 Å². The molecule has 1 aliphatic heterocycles. The third-order valence-electron chi connectivity index (χ3n) is 7.58. The molecular weight excluding hydrogens is 507 g/mol. The Kier molecular flexibility index (Phi) is 6.16. The number of rotatable bonds is 5. The SMILES string of the molecule is c1ccc(N(c2ccccc2)c2cccc3c2Sc2ccccc2[Si]3(c2ccccc2)c2ccccc2)cc1. The number of fused-ring (bicyclic) bond motifs is 2. The van der Waals surface area contributed by atoms with Crippen molar-refractivity contribution in [2.45, 2.75) is 9.79 Å². The lowest BCUT2D eigenvalue weighted by molar-refractivity contribution is 1.23. The van der Waals surface area contributed by atoms with Crippen molar-refractivity contribution in [2.75, 3.05) is 4.90 Å². The van der Waals surface area contributed by atoms with E-state index in [1.807, 2.05) is 11.8 Å². The Labute approximate surface area is 235 Å². The normalized spacial score (nSPS) is 13.2. The van der Waals surface area contributed by atoms with Gasteiger partial charge in [-0.25, -0.2) is 0 Å². The van der Waals surface area contributed by atoms with Crippen LogP contribution >= 0.6 is 11.8 Å². The lowest BCUT2D eigenvalue weighted by Gasteiger charge is -2.41. The molecule has 1 nitrogen and oxygen atoms in total. The molecule has 0 radical (unpaired) electrons. The van der Waals surface area contributed by atoms with E-state index in [1.165, 1.54) is 36.2 Å². The van der Waals surface area contributed by atoms with Crippen LogP contribution in [-0.4, -0.2) is 8.07 Å². The molecule has 0 unspecified atom stereocenters. The molecule has 0 aliphatic carbocycles. The second-order valence-electron chi connectivity index (χ2n) is 9.74. The number of benzene rings is 6. The van der Waals surface area contributed by atoms with Gasteiger partial charge in [-0.2, -0.15) is 0 Å². The summed E-state index contributed by atoms with van der Waals surface area (Å²) in [7, 11) is -2.60. The number of hydrogen-bond acceptors (Lipinski definition) is 2. The Morgan fingerprint density at radius 1 is 0.410 bits per heavy atom. The van der Waals surface area contributed by atoms with Gasteiger partial charge in [-0.05, 0) is 57.1 Å². The van der Waals surface area contributed by atoms with E-state index in [0.29, 0.717) is 0 Å². The summed E-state index contributed by atoms with van der Waals surface area (Å²) in [4.78, 5) is 5.09. The Morgan fingerprint density at radius 2 is 0.872 bits per heavy atom. The van der Waals surface area contributed by atoms with E-state index in [-0.39, 0.29) is 0 Å². The monoisotopic (exact) mass is 533 g/mol. The number of para-hydroxylation sites is 2. The molecule has 0 bridgehead atoms. The molecule has 0 amide bonds. The first-order valence-electron chi connectivity index (χ1n) is 13.3. The second-order valence-corrected chi connectivity index (χ2v) is 14.5. The lowest BCUT2D eigenvalue weighted by Crippen LogP contribution is -2.76. The lowest BCUT2D eigenvalue weighted by atomic mass is 10.2. The molecule has 39 heavy (non-hydrogen) atoms. The highest BCUT2D eigenvalue weighted by molar-refractivity contribution is 8.00. The van der Waals surface area contributed by atoms with Gasteiger partial charge >= 0.3 is 0 Å². The van der Waals surface area contributed by atoms with Crippen molar-refractivity contribution in [3.05, 3.63) is 164 Å². The summed E-state index contributed by atoms with van der Waals surface area (Å²) >= 11 is 1.91. The van der Waals surface area contributed by atoms with Gasteiger partial charge in [0.15, 0.2) is 8.07 Å². The number of nitrogens with zero attached hydrogens (tertiary/aromatic N) is 1. The van der Waals surface area contributed by atoms with Gasteiger partial charge in [-0.1, -0.05) is 139 Å². The van der Waals surface area contributed by atoms with E-state index in [4.69, 9.17) is 0 Å². The van der Waals surface area contributed by atoms with Crippen molar-refractivity contribution in [1.82, 2.24) is 0 Å². The Hall–Kier alpha value is -4.31. The minimum absolute atomic E-state index is 1.16. The van der Waals surface area contributed by atoms with Gasteiger partial charge in [0, 0.05) is 21.2 Å². The van der Waals surface area contributed by atoms with E-state index >= 15 is 0 Å². The van der Waals surface area contributed by atoms with Gasteiger partial charge in [-0.3, -0.25) is 0 Å². The molecule has 1 heterocycles. The van der Waals surface area contributed by atoms with Gasteiger partial charge in [-0.15, -0.1) is 0 Å². The molecular formula is C36H27NSSi. The van der Waals surface area contributed by atoms with Crippen molar-refractivity contribution in [3.63, 3.8) is 0 Å². The first-order chi connectivity index (χ1) is 19.4. The summed E-state index contributed by atoms with van der Waals surface area (Å²) in [5, 5.41) is 5.72. The van der Waals surface area contributed by atoms with Crippen LogP contribution in [0.2, 0.25) is 0 Å². The van der Waals surface area contributed by atoms with Crippen LogP contribution in [0.3, 0.4) is 0 Å². The molecule has 0 aromatic heterocycles. The average molecular weight is 534 g/mol. The first kappa shape index (κ1) is 23.8. The van der Waals surface area contributed by atoms with Gasteiger partial charge in [0.05, 0.1) is 5.69 Å². The molecule has 0 fully saturated rings. The van der Waals surface area contributed by atoms with Gasteiger partial charge in [0.2, 0.25) is 0 Å². The van der Waals surface area contributed by atoms with Crippen LogP contribution in [0.1, 0.15) is 0 Å². The Bertz CT molecular complexity index is 1640. The second kappa shape index (κ2) is 10.1. The first-order valence-corrected chi connectivity index (χ1v) is 16.1. The number of anilines is 3. The summed E-state index contributed by atoms with van der Waals surface area (Å²) in [6.07, 6.45) is 0. The van der Waals surface area contributed by atoms with Crippen LogP contribution in [0.15, 0.2) is 174 Å². The highest BCUT2D eigenvalue weighted by atomic mass is 32.2. The maximum Gasteiger partial charge on any atom is 0.181 e. The Morgan fingerprint density at radius 3 is 1.44 bits per heavy atom. The molecule has 3 heteroatoms. The van der Waals surface area contributed by atoms with Crippen LogP contribution in [0, 0.1) is 0 Å². The topological polar surface area (TPSA) is 3.24 Å². The molecule has 6 aromatic rings. The van der Waals surface area contributed by atoms with Crippen LogP contribution in [0.5, 0.6) is 0 Å². The molecule has 0 saturated carbocycles. The summed E-state index contributed by atoms with van der Waals surface area (Å²) in [5.74, 6) is 0. The quantitative estimate of drug-likeness (QED) is 0.219. The van der Waals surface area contributed by atoms with Crippen LogP contribution in [0.25, 0.3) is 0 Å². The predicted molar refractivity (Wildman–Crippen MR) is 169 cm³/mol. The summed E-state index contributed by atoms with van der Waals surface area (Å²) in [6, 6.07) is 59.9. The molecule has 1 aliphatic rings. The fourth-order valence-corrected chi connectivity index (χ4v) is 13.0. The maximum absolute atomic E-state index is 2.60. The van der Waals surface area contributed by atoms with Crippen molar-refractivity contribution in [3.8, 4) is 0 Å². The molecule has 186 valence electrons. The standard InChI is InChI=1S/C36H27NSSi/c1-5-16-28(17-6-1)37(29-18-7-2-8-19-29)32-24-15-27-35-36(32)38-33-25-13-14-26-34(33)39(35,30-20-9-3-10-21-30)31-22-11-4-12-23-31/h1-27H. The number of hydrogen-bond donors (Lipinski definition) is 0. The minimum atomic E-state index is -2.60. The van der Waals surface area contributed by atoms with Crippen molar-refractivity contribution in [2.24, 2.45) is 0 Å². The van der Waals surface area contributed by atoms with E-state index in [9.17, 15) is 0 Å². The predicted octanol–water partition coefficient (Wildman–Crippen LogP) is 7.00. The van der Waals surface area contributed by atoms with Crippen LogP contribution in [-0.2, 0) is 0 Å². The fourth-order valence-electron chi connectivity index (χ4n) is 5.97. The summed E-state index contributed by atoms with van der Waals surface area (Å²) in [5.41, 5.74) is 3.53. The molecule has 7 rings (SSSR count). The smallest absolute Gasteiger partial charge is 0.181 e. The summed E-state index contributed by atoms with van der Waals surface area (Å²) < 4.78 is 0. The molecule has 0 N–H and O–H groups in total. The zero-order valence-electron chi connectivity index (χ0n) is 21.4. The maximum atomic E-state index is 2.41. The third kappa shape index (κ3) is 3.94. The van der Waals surface area contributed by atoms with Crippen LogP contribution in [0.4, 0.5) is 17.1 Å². The van der Waals surface area contributed by atoms with E-state index in [1.54, 1.807) is 0 Å². The molecule has 6 aromatic carbocycles.